The molecule has 0 bridgehead atoms. The van der Waals surface area contributed by atoms with Crippen molar-refractivity contribution in [1.82, 2.24) is 14.7 Å². The van der Waals surface area contributed by atoms with Gasteiger partial charge in [-0.1, -0.05) is 6.92 Å². The molecule has 0 aliphatic carbocycles. The van der Waals surface area contributed by atoms with Crippen LogP contribution in [0.25, 0.3) is 0 Å². The summed E-state index contributed by atoms with van der Waals surface area (Å²) in [4.78, 5) is 20.3. The van der Waals surface area contributed by atoms with Crippen LogP contribution in [-0.4, -0.2) is 57.8 Å². The molecule has 8 heteroatoms. The molecule has 1 N–H and O–H groups in total. The van der Waals surface area contributed by atoms with Crippen molar-refractivity contribution in [2.24, 2.45) is 32.9 Å². The highest BCUT2D eigenvalue weighted by Crippen LogP contribution is 2.26. The van der Waals surface area contributed by atoms with Gasteiger partial charge in [-0.3, -0.25) is 4.68 Å². The predicted octanol–water partition coefficient (Wildman–Crippen LogP) is 1.14. The molecule has 120 valence electrons. The summed E-state index contributed by atoms with van der Waals surface area (Å²) in [6.07, 6.45) is 7.37. The molecule has 0 radical (unpaired) electrons. The van der Waals surface area contributed by atoms with Gasteiger partial charge in [0, 0.05) is 26.2 Å². The number of anilines is 1. The van der Waals surface area contributed by atoms with Gasteiger partial charge in [0.25, 0.3) is 5.79 Å². The third-order valence-electron chi connectivity index (χ3n) is 4.55. The van der Waals surface area contributed by atoms with Crippen molar-refractivity contribution in [3.8, 4) is 0 Å². The van der Waals surface area contributed by atoms with E-state index in [2.05, 4.69) is 37.2 Å². The van der Waals surface area contributed by atoms with E-state index in [9.17, 15) is 0 Å². The lowest BCUT2D eigenvalue weighted by Crippen LogP contribution is -2.48. The average Bonchev–Trinajstić information content (AvgIpc) is 3.14. The summed E-state index contributed by atoms with van der Waals surface area (Å²) < 4.78 is 1.75. The highest BCUT2D eigenvalue weighted by molar-refractivity contribution is 6.40. The quantitative estimate of drug-likeness (QED) is 0.889. The monoisotopic (exact) mass is 312 g/mol. The van der Waals surface area contributed by atoms with Crippen LogP contribution in [0.4, 0.5) is 5.82 Å². The Hall–Kier alpha value is -2.51. The second-order valence-corrected chi connectivity index (χ2v) is 6.24. The van der Waals surface area contributed by atoms with Gasteiger partial charge in [-0.25, -0.2) is 15.0 Å². The Bertz CT molecular complexity index is 720. The van der Waals surface area contributed by atoms with Crippen molar-refractivity contribution < 1.29 is 0 Å². The number of rotatable bonds is 2. The first kappa shape index (κ1) is 14.1. The number of nitrogens with one attached hydrogen (secondary N) is 1. The van der Waals surface area contributed by atoms with E-state index in [1.807, 2.05) is 13.1 Å². The van der Waals surface area contributed by atoms with E-state index in [0.29, 0.717) is 5.71 Å². The second-order valence-electron chi connectivity index (χ2n) is 6.24. The van der Waals surface area contributed by atoms with E-state index >= 15 is 0 Å². The Morgan fingerprint density at radius 1 is 1.30 bits per heavy atom. The van der Waals surface area contributed by atoms with E-state index in [1.165, 1.54) is 19.2 Å². The zero-order valence-corrected chi connectivity index (χ0v) is 13.3. The molecular formula is C15H20N8. The van der Waals surface area contributed by atoms with E-state index < -0.39 is 5.79 Å². The lowest BCUT2D eigenvalue weighted by molar-refractivity contribution is 0.276. The molecule has 0 spiro atoms. The zero-order chi connectivity index (χ0) is 15.9. The Morgan fingerprint density at radius 3 is 2.87 bits per heavy atom. The Morgan fingerprint density at radius 2 is 2.13 bits per heavy atom. The minimum Gasteiger partial charge on any atom is -0.341 e. The van der Waals surface area contributed by atoms with Crippen molar-refractivity contribution >= 4 is 30.0 Å². The molecule has 3 aliphatic rings. The van der Waals surface area contributed by atoms with E-state index in [-0.39, 0.29) is 0 Å². The summed E-state index contributed by atoms with van der Waals surface area (Å²) in [6.45, 7) is 4.26. The minimum atomic E-state index is -0.923. The number of hydrogen-bond acceptors (Lipinski definition) is 7. The number of aryl methyl sites for hydroxylation is 1. The summed E-state index contributed by atoms with van der Waals surface area (Å²) in [5, 5.41) is 7.53. The lowest BCUT2D eigenvalue weighted by atomic mass is 9.99. The third kappa shape index (κ3) is 2.43. The number of guanidine groups is 1. The summed E-state index contributed by atoms with van der Waals surface area (Å²) >= 11 is 0. The molecule has 1 atom stereocenters. The normalized spacial score (nSPS) is 27.0. The standard InChI is InChI=1S/C15H20N8/c1-11-4-7-23(8-5-11)14-16-9-12-15(21-14,18-10-17-12)20-13-3-6-19-22(13)2/h3,6,9-11,20H,4-5,7-8H2,1-2H3. The summed E-state index contributed by atoms with van der Waals surface area (Å²) in [6, 6.07) is 1.89. The van der Waals surface area contributed by atoms with Gasteiger partial charge in [-0.2, -0.15) is 10.1 Å². The molecule has 0 aromatic carbocycles. The lowest BCUT2D eigenvalue weighted by Gasteiger charge is -2.34. The number of nitrogens with zero attached hydrogens (tertiary/aromatic N) is 7. The van der Waals surface area contributed by atoms with Crippen LogP contribution in [0.1, 0.15) is 19.8 Å². The van der Waals surface area contributed by atoms with E-state index in [4.69, 9.17) is 4.99 Å². The van der Waals surface area contributed by atoms with Gasteiger partial charge in [-0.15, -0.1) is 0 Å². The van der Waals surface area contributed by atoms with Crippen LogP contribution >= 0.6 is 0 Å². The van der Waals surface area contributed by atoms with Gasteiger partial charge in [0.2, 0.25) is 5.96 Å². The predicted molar refractivity (Wildman–Crippen MR) is 91.4 cm³/mol. The molecule has 23 heavy (non-hydrogen) atoms. The average molecular weight is 312 g/mol. The van der Waals surface area contributed by atoms with Gasteiger partial charge in [0.1, 0.15) is 17.9 Å². The molecular weight excluding hydrogens is 292 g/mol. The molecule has 1 aromatic rings. The van der Waals surface area contributed by atoms with Gasteiger partial charge in [0.15, 0.2) is 0 Å². The first-order valence-corrected chi connectivity index (χ1v) is 7.93. The van der Waals surface area contributed by atoms with E-state index in [1.54, 1.807) is 17.1 Å². The number of hydrogen-bond donors (Lipinski definition) is 1. The SMILES string of the molecule is CC1CCN(C2=NC3(Nc4ccnn4C)N=CN=C3C=N2)CC1. The van der Waals surface area contributed by atoms with Crippen LogP contribution in [0.15, 0.2) is 32.2 Å². The molecule has 1 saturated heterocycles. The van der Waals surface area contributed by atoms with E-state index in [0.717, 1.165) is 30.8 Å². The highest BCUT2D eigenvalue weighted by atomic mass is 15.4. The molecule has 3 aliphatic heterocycles. The van der Waals surface area contributed by atoms with Crippen LogP contribution < -0.4 is 5.32 Å². The molecule has 1 unspecified atom stereocenters. The van der Waals surface area contributed by atoms with Crippen LogP contribution in [-0.2, 0) is 7.05 Å². The molecule has 8 nitrogen and oxygen atoms in total. The number of likely N-dealkylation sites (tertiary alicyclic amines) is 1. The van der Waals surface area contributed by atoms with Crippen LogP contribution in [0.5, 0.6) is 0 Å². The largest absolute Gasteiger partial charge is 0.341 e. The fourth-order valence-electron chi connectivity index (χ4n) is 2.99. The smallest absolute Gasteiger partial charge is 0.277 e. The van der Waals surface area contributed by atoms with Crippen molar-refractivity contribution in [2.45, 2.75) is 25.6 Å². The fourth-order valence-corrected chi connectivity index (χ4v) is 2.99. The van der Waals surface area contributed by atoms with Gasteiger partial charge in [-0.05, 0) is 18.8 Å². The van der Waals surface area contributed by atoms with Crippen molar-refractivity contribution in [3.63, 3.8) is 0 Å². The van der Waals surface area contributed by atoms with Crippen molar-refractivity contribution in [1.29, 1.82) is 0 Å². The fraction of sp³-hybridized carbons (Fsp3) is 0.533. The summed E-state index contributed by atoms with van der Waals surface area (Å²) in [7, 11) is 1.88. The van der Waals surface area contributed by atoms with Gasteiger partial charge in [0.05, 0.1) is 12.4 Å². The molecule has 0 amide bonds. The number of aliphatic imine (C=N–C) groups is 4. The maximum atomic E-state index is 4.80. The van der Waals surface area contributed by atoms with Crippen LogP contribution in [0.2, 0.25) is 0 Å². The molecule has 4 heterocycles. The number of aromatic nitrogens is 2. The molecule has 4 rings (SSSR count). The van der Waals surface area contributed by atoms with Crippen molar-refractivity contribution in [3.05, 3.63) is 12.3 Å². The van der Waals surface area contributed by atoms with Crippen LogP contribution in [0, 0.1) is 5.92 Å². The van der Waals surface area contributed by atoms with Gasteiger partial charge >= 0.3 is 0 Å². The first-order valence-electron chi connectivity index (χ1n) is 7.93. The molecule has 1 aromatic heterocycles. The third-order valence-corrected chi connectivity index (χ3v) is 4.55. The van der Waals surface area contributed by atoms with Crippen molar-refractivity contribution in [2.75, 3.05) is 18.4 Å². The number of piperidine rings is 1. The first-order chi connectivity index (χ1) is 11.2. The Kier molecular flexibility index (Phi) is 3.24. The number of fused-ring (bicyclic) bond motifs is 1. The summed E-state index contributed by atoms with van der Waals surface area (Å²) in [5.74, 6) is 1.41. The maximum Gasteiger partial charge on any atom is 0.277 e. The van der Waals surface area contributed by atoms with Gasteiger partial charge < -0.3 is 10.2 Å². The topological polar surface area (TPSA) is 82.5 Å². The Balaban J connectivity index is 1.64. The second kappa shape index (κ2) is 5.29. The van der Waals surface area contributed by atoms with Crippen LogP contribution in [0.3, 0.4) is 0 Å². The maximum absolute atomic E-state index is 4.80. The zero-order valence-electron chi connectivity index (χ0n) is 13.3. The highest BCUT2D eigenvalue weighted by Gasteiger charge is 2.41. The minimum absolute atomic E-state index is 0.702. The summed E-state index contributed by atoms with van der Waals surface area (Å²) in [5.41, 5.74) is 0.702. The molecule has 1 fully saturated rings. The molecule has 0 saturated carbocycles. The Labute approximate surface area is 134 Å².